The zero-order valence-electron chi connectivity index (χ0n) is 59.6. The van der Waals surface area contributed by atoms with Crippen molar-refractivity contribution >= 4 is 56.0 Å². The smallest absolute Gasteiger partial charge is 0.335 e. The van der Waals surface area contributed by atoms with E-state index in [1.54, 1.807) is 68.0 Å². The lowest BCUT2D eigenvalue weighted by Crippen LogP contribution is -2.38. The lowest BCUT2D eigenvalue weighted by atomic mass is 9.77. The van der Waals surface area contributed by atoms with Crippen LogP contribution in [0.25, 0.3) is 133 Å². The minimum absolute atomic E-state index is 0.00648. The SMILES string of the molecule is CN(C)C(=O)c1ccc(-c2cnc3[nH]cc(-c4cn[nH]c4)c3c2)cc1.N#Cc1ccc(-c2cnc3[nH]cc(-c4cn[nH]c4)c3c2)cc1.N#Cc1ccc(-c2cnc3[nH]cc(-c4cnn(C(c5ccccc5)(c5ccccc5)c5ccccc5)c4)c3c2)cc1.O=C(O)c1ccc(-c2cnc3[nH]cc(-c4cn[nH]c4)c3c2)cc1. The highest BCUT2D eigenvalue weighted by atomic mass is 16.4. The molecule has 22 nitrogen and oxygen atoms in total. The second kappa shape index (κ2) is 30.6. The molecule has 19 rings (SSSR count). The molecule has 12 aromatic heterocycles. The molecule has 0 aliphatic heterocycles. The fraction of sp³-hybridized carbons (Fsp3) is 0.0337. The van der Waals surface area contributed by atoms with Crippen molar-refractivity contribution in [3.05, 3.63) is 350 Å². The van der Waals surface area contributed by atoms with Crippen LogP contribution in [0, 0.1) is 22.7 Å². The molecule has 0 spiro atoms. The summed E-state index contributed by atoms with van der Waals surface area (Å²) in [6.45, 7) is 0. The molecular formula is C89H65N19O3. The van der Waals surface area contributed by atoms with E-state index >= 15 is 0 Å². The van der Waals surface area contributed by atoms with Crippen LogP contribution in [0.4, 0.5) is 0 Å². The number of nitrogens with zero attached hydrogens (tertiary/aromatic N) is 12. The highest BCUT2D eigenvalue weighted by Gasteiger charge is 2.39. The van der Waals surface area contributed by atoms with Crippen molar-refractivity contribution < 1.29 is 14.7 Å². The molecule has 1 amide bonds. The molecule has 0 aliphatic carbocycles. The van der Waals surface area contributed by atoms with Crippen molar-refractivity contribution in [2.24, 2.45) is 0 Å². The van der Waals surface area contributed by atoms with Gasteiger partial charge in [0.25, 0.3) is 5.91 Å². The van der Waals surface area contributed by atoms with Crippen molar-refractivity contribution in [1.29, 1.82) is 10.5 Å². The predicted octanol–water partition coefficient (Wildman–Crippen LogP) is 17.9. The maximum atomic E-state index is 12.0. The molecule has 0 unspecified atom stereocenters. The van der Waals surface area contributed by atoms with E-state index in [0.717, 1.165) is 150 Å². The number of hydrogen-bond donors (Lipinski definition) is 8. The van der Waals surface area contributed by atoms with Crippen LogP contribution >= 0.6 is 0 Å². The van der Waals surface area contributed by atoms with Gasteiger partial charge in [0.2, 0.25) is 0 Å². The summed E-state index contributed by atoms with van der Waals surface area (Å²) in [6, 6.07) is 73.7. The number of carbonyl (C=O) groups excluding carboxylic acids is 1. The molecular weight excluding hydrogens is 1380 g/mol. The van der Waals surface area contributed by atoms with Gasteiger partial charge in [0.15, 0.2) is 0 Å². The van der Waals surface area contributed by atoms with E-state index in [1.165, 1.54) is 0 Å². The van der Waals surface area contributed by atoms with Crippen molar-refractivity contribution in [1.82, 2.24) is 85.1 Å². The van der Waals surface area contributed by atoms with Gasteiger partial charge in [-0.3, -0.25) is 24.8 Å². The number of pyridine rings is 4. The number of carboxylic acid groups (broad SMARTS) is 1. The van der Waals surface area contributed by atoms with Gasteiger partial charge in [-0.25, -0.2) is 24.7 Å². The molecule has 0 bridgehead atoms. The normalized spacial score (nSPS) is 11.1. The number of aromatic nitrogens is 16. The molecule has 7 aromatic carbocycles. The number of H-pyrrole nitrogens is 7. The van der Waals surface area contributed by atoms with E-state index in [2.05, 4.69) is 179 Å². The van der Waals surface area contributed by atoms with Crippen molar-refractivity contribution in [3.8, 4) is 101 Å². The van der Waals surface area contributed by atoms with Gasteiger partial charge in [0.05, 0.1) is 53.6 Å². The van der Waals surface area contributed by atoms with E-state index in [0.29, 0.717) is 16.7 Å². The summed E-state index contributed by atoms with van der Waals surface area (Å²) in [6.07, 6.45) is 30.0. The molecule has 0 atom stereocenters. The third kappa shape index (κ3) is 14.1. The highest BCUT2D eigenvalue weighted by molar-refractivity contribution is 6.00. The number of aromatic carboxylic acids is 1. The Hall–Kier alpha value is -15.9. The number of aromatic amines is 7. The van der Waals surface area contributed by atoms with Gasteiger partial charge >= 0.3 is 5.97 Å². The fourth-order valence-electron chi connectivity index (χ4n) is 13.7. The Morgan fingerprint density at radius 3 is 0.982 bits per heavy atom. The molecule has 0 radical (unpaired) electrons. The Balaban J connectivity index is 0.000000117. The van der Waals surface area contributed by atoms with Crippen molar-refractivity contribution in [2.45, 2.75) is 5.54 Å². The number of nitrogens with one attached hydrogen (secondary N) is 7. The van der Waals surface area contributed by atoms with Crippen LogP contribution in [0.5, 0.6) is 0 Å². The first-order chi connectivity index (χ1) is 54.5. The second-order valence-electron chi connectivity index (χ2n) is 26.3. The Bertz CT molecular complexity index is 6430. The maximum Gasteiger partial charge on any atom is 0.335 e. The summed E-state index contributed by atoms with van der Waals surface area (Å²) in [7, 11) is 3.49. The highest BCUT2D eigenvalue weighted by Crippen LogP contribution is 2.43. The lowest BCUT2D eigenvalue weighted by Gasteiger charge is -2.36. The standard InChI is InChI=1S/C36H25N5.C19H17N5O.C17H11N5.C17H12N4O2/c37-21-26-16-18-27(19-17-26)28-20-33-34(24-39-35(33)38-22-28)29-23-40-41(25-29)36(30-10-4-1-5-11-30,31-12-6-2-7-13-31)32-14-8-3-9-15-32;1-24(2)19(25)13-5-3-12(4-6-13)14-7-16-17(15-9-22-23-10-15)11-21-18(16)20-8-14;18-6-11-1-3-12(4-2-11)13-5-15-16(14-8-21-22-9-14)10-20-17(15)19-7-13;22-17(23)11-3-1-10(2-4-11)12-5-14-15(13-7-20-21-8-13)9-19-16(14)18-6-12/h1-20,22-25H,(H,38,39);3-11H,1-2H3,(H,20,21)(H,22,23);1-5,7-10H,(H,19,20)(H,21,22);1-9H,(H,18,19)(H,20,21)(H,22,23). The number of nitriles is 2. The first-order valence-electron chi connectivity index (χ1n) is 35.2. The van der Waals surface area contributed by atoms with Gasteiger partial charge < -0.3 is 29.9 Å². The van der Waals surface area contributed by atoms with E-state index in [4.69, 9.17) is 20.5 Å². The van der Waals surface area contributed by atoms with E-state index in [1.807, 2.05) is 165 Å². The van der Waals surface area contributed by atoms with E-state index in [-0.39, 0.29) is 11.5 Å². The number of rotatable bonds is 14. The molecule has 0 aliphatic rings. The van der Waals surface area contributed by atoms with E-state index in [9.17, 15) is 14.9 Å². The van der Waals surface area contributed by atoms with Crippen LogP contribution in [0.1, 0.15) is 48.5 Å². The number of hydrogen-bond acceptors (Lipinski definition) is 12. The average molecular weight is 1450 g/mol. The number of carboxylic acids is 1. The molecule has 22 heteroatoms. The molecule has 534 valence electrons. The van der Waals surface area contributed by atoms with Gasteiger partial charge in [0.1, 0.15) is 28.1 Å². The van der Waals surface area contributed by atoms with Gasteiger partial charge in [-0.1, -0.05) is 140 Å². The number of amides is 1. The number of benzene rings is 7. The first kappa shape index (κ1) is 69.4. The minimum Gasteiger partial charge on any atom is -0.478 e. The van der Waals surface area contributed by atoms with E-state index < -0.39 is 11.5 Å². The topological polar surface area (TPSA) is 324 Å². The largest absolute Gasteiger partial charge is 0.478 e. The molecule has 19 aromatic rings. The molecule has 12 heterocycles. The molecule has 0 fully saturated rings. The summed E-state index contributed by atoms with van der Waals surface area (Å²) in [5.41, 5.74) is 24.3. The predicted molar refractivity (Wildman–Crippen MR) is 429 cm³/mol. The summed E-state index contributed by atoms with van der Waals surface area (Å²) >= 11 is 0. The first-order valence-corrected chi connectivity index (χ1v) is 35.2. The third-order valence-corrected chi connectivity index (χ3v) is 19.4. The Labute approximate surface area is 634 Å². The Morgan fingerprint density at radius 1 is 0.369 bits per heavy atom. The summed E-state index contributed by atoms with van der Waals surface area (Å²) in [4.78, 5) is 55.5. The zero-order valence-corrected chi connectivity index (χ0v) is 59.6. The van der Waals surface area contributed by atoms with Crippen LogP contribution in [0.15, 0.2) is 311 Å². The third-order valence-electron chi connectivity index (χ3n) is 19.4. The fourth-order valence-corrected chi connectivity index (χ4v) is 13.7. The molecule has 8 N–H and O–H groups in total. The monoisotopic (exact) mass is 1450 g/mol. The van der Waals surface area contributed by atoms with Crippen LogP contribution in [-0.4, -0.2) is 116 Å². The van der Waals surface area contributed by atoms with Gasteiger partial charge in [0, 0.05) is 182 Å². The molecule has 111 heavy (non-hydrogen) atoms. The van der Waals surface area contributed by atoms with Gasteiger partial charge in [-0.05, 0) is 112 Å². The van der Waals surface area contributed by atoms with Crippen molar-refractivity contribution in [3.63, 3.8) is 0 Å². The maximum absolute atomic E-state index is 12.0. The Morgan fingerprint density at radius 2 is 0.685 bits per heavy atom. The van der Waals surface area contributed by atoms with Gasteiger partial charge in [-0.15, -0.1) is 0 Å². The van der Waals surface area contributed by atoms with Crippen LogP contribution < -0.4 is 0 Å². The van der Waals surface area contributed by atoms with Gasteiger partial charge in [-0.2, -0.15) is 30.9 Å². The molecule has 0 saturated carbocycles. The van der Waals surface area contributed by atoms with Crippen molar-refractivity contribution in [2.75, 3.05) is 14.1 Å². The zero-order chi connectivity index (χ0) is 75.8. The Kier molecular flexibility index (Phi) is 19.2. The van der Waals surface area contributed by atoms with Crippen LogP contribution in [-0.2, 0) is 5.54 Å². The lowest BCUT2D eigenvalue weighted by molar-refractivity contribution is 0.0696. The second-order valence-corrected chi connectivity index (χ2v) is 26.3. The van der Waals surface area contributed by atoms with Crippen LogP contribution in [0.2, 0.25) is 0 Å². The summed E-state index contributed by atoms with van der Waals surface area (Å²) in [5, 5.41) is 56.6. The average Bonchev–Trinajstić information content (AvgIpc) is 1.72. The van der Waals surface area contributed by atoms with Crippen LogP contribution in [0.3, 0.4) is 0 Å². The molecule has 0 saturated heterocycles. The number of fused-ring (bicyclic) bond motifs is 4. The summed E-state index contributed by atoms with van der Waals surface area (Å²) in [5.74, 6) is -0.939. The number of carbonyl (C=O) groups is 2. The quantitative estimate of drug-likeness (QED) is 0.0470. The minimum atomic E-state index is -0.932. The summed E-state index contributed by atoms with van der Waals surface area (Å²) < 4.78 is 2.08.